The monoisotopic (exact) mass is 468 g/mol. The van der Waals surface area contributed by atoms with Crippen molar-refractivity contribution in [2.45, 2.75) is 19.4 Å². The normalized spacial score (nSPS) is 16.3. The van der Waals surface area contributed by atoms with Crippen molar-refractivity contribution in [3.05, 3.63) is 76.8 Å². The molecule has 2 aromatic carbocycles. The van der Waals surface area contributed by atoms with Crippen LogP contribution in [0.25, 0.3) is 11.1 Å². The average Bonchev–Trinajstić information content (AvgIpc) is 2.79. The summed E-state index contributed by atoms with van der Waals surface area (Å²) in [7, 11) is 0. The highest BCUT2D eigenvalue weighted by molar-refractivity contribution is 9.10. The van der Waals surface area contributed by atoms with Crippen LogP contribution in [-0.4, -0.2) is 29.0 Å². The Labute approximate surface area is 183 Å². The van der Waals surface area contributed by atoms with Crippen molar-refractivity contribution in [1.82, 2.24) is 15.3 Å². The van der Waals surface area contributed by atoms with Crippen LogP contribution in [0.4, 0.5) is 10.3 Å². The van der Waals surface area contributed by atoms with Crippen molar-refractivity contribution in [3.8, 4) is 11.1 Å². The summed E-state index contributed by atoms with van der Waals surface area (Å²) >= 11 is 3.42. The van der Waals surface area contributed by atoms with Gasteiger partial charge in [-0.15, -0.1) is 0 Å². The summed E-state index contributed by atoms with van der Waals surface area (Å²) in [5, 5.41) is 3.04. The number of benzene rings is 2. The molecule has 0 radical (unpaired) electrons. The molecule has 30 heavy (non-hydrogen) atoms. The van der Waals surface area contributed by atoms with Crippen molar-refractivity contribution in [2.24, 2.45) is 5.92 Å². The Morgan fingerprint density at radius 2 is 1.77 bits per heavy atom. The molecule has 0 aliphatic carbocycles. The topological polar surface area (TPSA) is 58.1 Å². The predicted octanol–water partition coefficient (Wildman–Crippen LogP) is 4.58. The smallest absolute Gasteiger partial charge is 0.225 e. The molecular formula is C23H22BrFN4O. The summed E-state index contributed by atoms with van der Waals surface area (Å²) in [5.41, 5.74) is 2.77. The molecule has 1 saturated heterocycles. The van der Waals surface area contributed by atoms with Gasteiger partial charge in [0.05, 0.1) is 5.92 Å². The van der Waals surface area contributed by atoms with Gasteiger partial charge in [0.1, 0.15) is 5.82 Å². The molecule has 1 atom stereocenters. The van der Waals surface area contributed by atoms with Gasteiger partial charge in [0.25, 0.3) is 0 Å². The predicted molar refractivity (Wildman–Crippen MR) is 118 cm³/mol. The van der Waals surface area contributed by atoms with Crippen LogP contribution in [0.1, 0.15) is 18.4 Å². The van der Waals surface area contributed by atoms with E-state index in [0.29, 0.717) is 19.0 Å². The maximum atomic E-state index is 13.1. The summed E-state index contributed by atoms with van der Waals surface area (Å²) < 4.78 is 14.1. The minimum Gasteiger partial charge on any atom is -0.352 e. The van der Waals surface area contributed by atoms with Gasteiger partial charge in [0.2, 0.25) is 11.9 Å². The summed E-state index contributed by atoms with van der Waals surface area (Å²) in [6, 6.07) is 14.2. The van der Waals surface area contributed by atoms with Crippen LogP contribution in [0.3, 0.4) is 0 Å². The maximum Gasteiger partial charge on any atom is 0.225 e. The van der Waals surface area contributed by atoms with E-state index in [9.17, 15) is 9.18 Å². The van der Waals surface area contributed by atoms with E-state index in [-0.39, 0.29) is 17.6 Å². The Bertz CT molecular complexity index is 993. The molecule has 1 fully saturated rings. The Morgan fingerprint density at radius 1 is 1.07 bits per heavy atom. The zero-order chi connectivity index (χ0) is 20.9. The molecule has 1 aromatic heterocycles. The summed E-state index contributed by atoms with van der Waals surface area (Å²) in [6.07, 6.45) is 5.26. The van der Waals surface area contributed by atoms with Gasteiger partial charge in [-0.1, -0.05) is 40.2 Å². The Balaban J connectivity index is 1.36. The SMILES string of the molecule is O=C(NCc1ccc(Br)cc1)[C@H]1CCCN(c2ncc(-c3ccc(F)cc3)cn2)C1. The van der Waals surface area contributed by atoms with Crippen LogP contribution in [0, 0.1) is 11.7 Å². The molecular weight excluding hydrogens is 447 g/mol. The molecule has 2 heterocycles. The molecule has 1 N–H and O–H groups in total. The van der Waals surface area contributed by atoms with Gasteiger partial charge in [0.15, 0.2) is 0 Å². The lowest BCUT2D eigenvalue weighted by Gasteiger charge is -2.32. The highest BCUT2D eigenvalue weighted by Crippen LogP contribution is 2.23. The average molecular weight is 469 g/mol. The number of amides is 1. The zero-order valence-electron chi connectivity index (χ0n) is 16.4. The third kappa shape index (κ3) is 5.02. The molecule has 1 aliphatic heterocycles. The standard InChI is InChI=1S/C23H22BrFN4O/c24-20-7-3-16(4-8-20)12-26-22(30)18-2-1-11-29(15-18)23-27-13-19(14-28-23)17-5-9-21(25)10-6-17/h3-10,13-14,18H,1-2,11-12,15H2,(H,26,30)/t18-/m0/s1. The molecule has 154 valence electrons. The number of anilines is 1. The van der Waals surface area contributed by atoms with Crippen molar-refractivity contribution in [1.29, 1.82) is 0 Å². The number of nitrogens with zero attached hydrogens (tertiary/aromatic N) is 3. The fourth-order valence-corrected chi connectivity index (χ4v) is 3.85. The molecule has 0 bridgehead atoms. The molecule has 7 heteroatoms. The van der Waals surface area contributed by atoms with Crippen LogP contribution < -0.4 is 10.2 Å². The lowest BCUT2D eigenvalue weighted by atomic mass is 9.97. The minimum absolute atomic E-state index is 0.0607. The summed E-state index contributed by atoms with van der Waals surface area (Å²) in [5.74, 6) is 0.320. The molecule has 0 saturated carbocycles. The first-order valence-corrected chi connectivity index (χ1v) is 10.7. The van der Waals surface area contributed by atoms with E-state index in [0.717, 1.165) is 40.5 Å². The number of aromatic nitrogens is 2. The van der Waals surface area contributed by atoms with Crippen molar-refractivity contribution in [3.63, 3.8) is 0 Å². The first kappa shape index (κ1) is 20.5. The van der Waals surface area contributed by atoms with E-state index >= 15 is 0 Å². The Morgan fingerprint density at radius 3 is 2.47 bits per heavy atom. The van der Waals surface area contributed by atoms with Crippen molar-refractivity contribution in [2.75, 3.05) is 18.0 Å². The zero-order valence-corrected chi connectivity index (χ0v) is 18.0. The fraction of sp³-hybridized carbons (Fsp3) is 0.261. The van der Waals surface area contributed by atoms with E-state index in [1.54, 1.807) is 24.5 Å². The summed E-state index contributed by atoms with van der Waals surface area (Å²) in [4.78, 5) is 23.7. The van der Waals surface area contributed by atoms with Gasteiger partial charge >= 0.3 is 0 Å². The molecule has 3 aromatic rings. The van der Waals surface area contributed by atoms with E-state index in [4.69, 9.17) is 0 Å². The largest absolute Gasteiger partial charge is 0.352 e. The second-order valence-electron chi connectivity index (χ2n) is 7.41. The second-order valence-corrected chi connectivity index (χ2v) is 8.32. The van der Waals surface area contributed by atoms with Crippen LogP contribution in [0.2, 0.25) is 0 Å². The van der Waals surface area contributed by atoms with Crippen LogP contribution >= 0.6 is 15.9 Å². The minimum atomic E-state index is -0.269. The molecule has 1 amide bonds. The van der Waals surface area contributed by atoms with Crippen molar-refractivity contribution < 1.29 is 9.18 Å². The Kier molecular flexibility index (Phi) is 6.38. The van der Waals surface area contributed by atoms with Crippen molar-refractivity contribution >= 4 is 27.8 Å². The fourth-order valence-electron chi connectivity index (χ4n) is 3.58. The molecule has 5 nitrogen and oxygen atoms in total. The quantitative estimate of drug-likeness (QED) is 0.595. The Hall–Kier alpha value is -2.80. The lowest BCUT2D eigenvalue weighted by Crippen LogP contribution is -2.43. The lowest BCUT2D eigenvalue weighted by molar-refractivity contribution is -0.125. The third-order valence-corrected chi connectivity index (χ3v) is 5.80. The molecule has 1 aliphatic rings. The van der Waals surface area contributed by atoms with E-state index in [1.807, 2.05) is 24.3 Å². The number of carbonyl (C=O) groups excluding carboxylic acids is 1. The maximum absolute atomic E-state index is 13.1. The second kappa shape index (κ2) is 9.34. The molecule has 0 spiro atoms. The number of hydrogen-bond donors (Lipinski definition) is 1. The molecule has 4 rings (SSSR count). The van der Waals surface area contributed by atoms with Gasteiger partial charge < -0.3 is 10.2 Å². The summed E-state index contributed by atoms with van der Waals surface area (Å²) in [6.45, 7) is 1.94. The number of piperidine rings is 1. The van der Waals surface area contributed by atoms with Gasteiger partial charge in [-0.2, -0.15) is 0 Å². The van der Waals surface area contributed by atoms with Gasteiger partial charge in [-0.05, 0) is 48.2 Å². The first-order valence-electron chi connectivity index (χ1n) is 9.93. The van der Waals surface area contributed by atoms with Crippen LogP contribution in [-0.2, 0) is 11.3 Å². The van der Waals surface area contributed by atoms with E-state index < -0.39 is 0 Å². The van der Waals surface area contributed by atoms with Crippen LogP contribution in [0.5, 0.6) is 0 Å². The highest BCUT2D eigenvalue weighted by atomic mass is 79.9. The number of carbonyl (C=O) groups is 1. The number of hydrogen-bond acceptors (Lipinski definition) is 4. The van der Waals surface area contributed by atoms with Crippen LogP contribution in [0.15, 0.2) is 65.4 Å². The van der Waals surface area contributed by atoms with Gasteiger partial charge in [-0.25, -0.2) is 14.4 Å². The first-order chi connectivity index (χ1) is 14.6. The van der Waals surface area contributed by atoms with Gasteiger partial charge in [0, 0.05) is 42.1 Å². The number of halogens is 2. The number of nitrogens with one attached hydrogen (secondary N) is 1. The molecule has 0 unspecified atom stereocenters. The van der Waals surface area contributed by atoms with Gasteiger partial charge in [-0.3, -0.25) is 4.79 Å². The number of rotatable bonds is 5. The highest BCUT2D eigenvalue weighted by Gasteiger charge is 2.27. The third-order valence-electron chi connectivity index (χ3n) is 5.27. The van der Waals surface area contributed by atoms with E-state index in [1.165, 1.54) is 12.1 Å². The van der Waals surface area contributed by atoms with E-state index in [2.05, 4.69) is 36.1 Å².